The lowest BCUT2D eigenvalue weighted by molar-refractivity contribution is -0.131. The Bertz CT molecular complexity index is 154. The van der Waals surface area contributed by atoms with E-state index in [0.717, 1.165) is 12.2 Å². The van der Waals surface area contributed by atoms with Gasteiger partial charge in [-0.2, -0.15) is 0 Å². The minimum atomic E-state index is -0.981. The smallest absolute Gasteiger partial charge is 0.327 e. The highest BCUT2D eigenvalue weighted by atomic mass is 35.5. The van der Waals surface area contributed by atoms with Gasteiger partial charge in [-0.25, -0.2) is 4.79 Å². The molecule has 0 radical (unpaired) electrons. The number of hydrogen-bond acceptors (Lipinski definition) is 3. The topological polar surface area (TPSA) is 92.4 Å². The van der Waals surface area contributed by atoms with E-state index in [2.05, 4.69) is 24.2 Å². The number of carboxylic acids is 1. The van der Waals surface area contributed by atoms with Crippen LogP contribution in [-0.4, -0.2) is 31.1 Å². The first kappa shape index (κ1) is 23.0. The van der Waals surface area contributed by atoms with Gasteiger partial charge in [-0.1, -0.05) is 13.2 Å². The molecule has 14 heavy (non-hydrogen) atoms. The SMILES string of the molecule is C=CC(=O)O.C=CC(N)=O.CNC.Cl. The molecule has 0 bridgehead atoms. The summed E-state index contributed by atoms with van der Waals surface area (Å²) in [6.07, 6.45) is 1.89. The van der Waals surface area contributed by atoms with Crippen molar-refractivity contribution in [3.8, 4) is 0 Å². The summed E-state index contributed by atoms with van der Waals surface area (Å²) in [7, 11) is 3.75. The predicted octanol–water partition coefficient (Wildman–Crippen LogP) is 0.172. The molecule has 6 heteroatoms. The molecule has 0 aromatic rings. The minimum Gasteiger partial charge on any atom is -0.478 e. The number of nitrogens with one attached hydrogen (secondary N) is 1. The number of amides is 1. The molecule has 0 heterocycles. The fourth-order valence-electron chi connectivity index (χ4n) is 0. The quantitative estimate of drug-likeness (QED) is 0.583. The minimum absolute atomic E-state index is 0. The zero-order valence-corrected chi connectivity index (χ0v) is 9.13. The normalized spacial score (nSPS) is 5.86. The average molecular weight is 225 g/mol. The Morgan fingerprint density at radius 1 is 1.29 bits per heavy atom. The van der Waals surface area contributed by atoms with Crippen LogP contribution in [0.1, 0.15) is 0 Å². The maximum atomic E-state index is 9.47. The molecule has 0 rings (SSSR count). The van der Waals surface area contributed by atoms with Gasteiger partial charge < -0.3 is 16.2 Å². The van der Waals surface area contributed by atoms with Gasteiger partial charge in [0.2, 0.25) is 5.91 Å². The molecular formula is C8H17ClN2O3. The molecule has 0 spiro atoms. The standard InChI is InChI=1S/C3H5NO.C3H4O2.C2H7N.ClH/c2*1-2-3(4)5;1-3-2;/h2H,1H2,(H2,4,5);2H,1H2,(H,4,5);3H,1-2H3;1H. The highest BCUT2D eigenvalue weighted by Crippen LogP contribution is 1.54. The van der Waals surface area contributed by atoms with Crippen molar-refractivity contribution in [3.63, 3.8) is 0 Å². The van der Waals surface area contributed by atoms with E-state index in [4.69, 9.17) is 5.11 Å². The molecule has 0 unspecified atom stereocenters. The van der Waals surface area contributed by atoms with E-state index in [1.807, 2.05) is 14.1 Å². The predicted molar refractivity (Wildman–Crippen MR) is 59.5 cm³/mol. The molecule has 4 N–H and O–H groups in total. The van der Waals surface area contributed by atoms with Gasteiger partial charge >= 0.3 is 5.97 Å². The summed E-state index contributed by atoms with van der Waals surface area (Å²) in [5.41, 5.74) is 4.53. The Hall–Kier alpha value is -1.33. The maximum Gasteiger partial charge on any atom is 0.327 e. The summed E-state index contributed by atoms with van der Waals surface area (Å²) >= 11 is 0. The molecular weight excluding hydrogens is 208 g/mol. The third kappa shape index (κ3) is 140. The van der Waals surface area contributed by atoms with Crippen LogP contribution < -0.4 is 11.1 Å². The largest absolute Gasteiger partial charge is 0.478 e. The molecule has 84 valence electrons. The molecule has 5 nitrogen and oxygen atoms in total. The van der Waals surface area contributed by atoms with Crippen LogP contribution in [-0.2, 0) is 9.59 Å². The van der Waals surface area contributed by atoms with E-state index in [0.29, 0.717) is 0 Å². The van der Waals surface area contributed by atoms with Crippen molar-refractivity contribution >= 4 is 24.3 Å². The first-order valence-corrected chi connectivity index (χ1v) is 3.31. The van der Waals surface area contributed by atoms with Crippen molar-refractivity contribution < 1.29 is 14.7 Å². The van der Waals surface area contributed by atoms with Crippen molar-refractivity contribution in [1.29, 1.82) is 0 Å². The van der Waals surface area contributed by atoms with E-state index in [1.165, 1.54) is 0 Å². The summed E-state index contributed by atoms with van der Waals surface area (Å²) in [4.78, 5) is 18.7. The van der Waals surface area contributed by atoms with Gasteiger partial charge in [0.05, 0.1) is 0 Å². The van der Waals surface area contributed by atoms with Crippen molar-refractivity contribution in [2.45, 2.75) is 0 Å². The Morgan fingerprint density at radius 3 is 1.43 bits per heavy atom. The van der Waals surface area contributed by atoms with Crippen LogP contribution in [0, 0.1) is 0 Å². The second kappa shape index (κ2) is 22.6. The summed E-state index contributed by atoms with van der Waals surface area (Å²) in [5, 5.41) is 10.4. The molecule has 0 aromatic carbocycles. The third-order valence-electron chi connectivity index (χ3n) is 0.376. The lowest BCUT2D eigenvalue weighted by Gasteiger charge is -1.65. The van der Waals surface area contributed by atoms with Gasteiger partial charge in [0, 0.05) is 6.08 Å². The third-order valence-corrected chi connectivity index (χ3v) is 0.376. The second-order valence-electron chi connectivity index (χ2n) is 1.65. The van der Waals surface area contributed by atoms with Crippen LogP contribution in [0.15, 0.2) is 25.3 Å². The van der Waals surface area contributed by atoms with Crippen LogP contribution >= 0.6 is 12.4 Å². The van der Waals surface area contributed by atoms with Crippen LogP contribution in [0.3, 0.4) is 0 Å². The van der Waals surface area contributed by atoms with Gasteiger partial charge in [0.25, 0.3) is 0 Å². The Morgan fingerprint density at radius 2 is 1.43 bits per heavy atom. The zero-order chi connectivity index (χ0) is 11.3. The molecule has 0 aliphatic carbocycles. The summed E-state index contributed by atoms with van der Waals surface area (Å²) in [6.45, 7) is 6.05. The lowest BCUT2D eigenvalue weighted by Crippen LogP contribution is -2.04. The van der Waals surface area contributed by atoms with E-state index >= 15 is 0 Å². The number of nitrogens with two attached hydrogens (primary N) is 1. The van der Waals surface area contributed by atoms with E-state index in [9.17, 15) is 9.59 Å². The van der Waals surface area contributed by atoms with Gasteiger partial charge in [0.15, 0.2) is 0 Å². The Kier molecular flexibility index (Phi) is 37.0. The number of rotatable bonds is 2. The number of primary amides is 1. The first-order valence-electron chi connectivity index (χ1n) is 3.31. The molecule has 0 atom stereocenters. The van der Waals surface area contributed by atoms with Crippen molar-refractivity contribution in [3.05, 3.63) is 25.3 Å². The second-order valence-corrected chi connectivity index (χ2v) is 1.65. The summed E-state index contributed by atoms with van der Waals surface area (Å²) in [5.74, 6) is -1.46. The molecule has 0 aliphatic rings. The first-order chi connectivity index (χ1) is 5.95. The lowest BCUT2D eigenvalue weighted by atomic mass is 10.6. The van der Waals surface area contributed by atoms with Gasteiger partial charge in [-0.15, -0.1) is 12.4 Å². The molecule has 0 saturated carbocycles. The van der Waals surface area contributed by atoms with E-state index in [1.54, 1.807) is 0 Å². The number of carboxylic acid groups (broad SMARTS) is 1. The Labute approximate surface area is 90.1 Å². The highest BCUT2D eigenvalue weighted by molar-refractivity contribution is 5.85. The summed E-state index contributed by atoms with van der Waals surface area (Å²) < 4.78 is 0. The van der Waals surface area contributed by atoms with Crippen molar-refractivity contribution in [2.75, 3.05) is 14.1 Å². The van der Waals surface area contributed by atoms with E-state index in [-0.39, 0.29) is 12.4 Å². The van der Waals surface area contributed by atoms with Gasteiger partial charge in [-0.3, -0.25) is 4.79 Å². The maximum absolute atomic E-state index is 9.47. The van der Waals surface area contributed by atoms with Gasteiger partial charge in [0.1, 0.15) is 0 Å². The number of carbonyl (C=O) groups excluding carboxylic acids is 1. The van der Waals surface area contributed by atoms with Crippen LogP contribution in [0.25, 0.3) is 0 Å². The average Bonchev–Trinajstić information content (AvgIpc) is 2.07. The molecule has 1 amide bonds. The van der Waals surface area contributed by atoms with Crippen LogP contribution in [0.2, 0.25) is 0 Å². The zero-order valence-electron chi connectivity index (χ0n) is 8.32. The monoisotopic (exact) mass is 224 g/mol. The Balaban J connectivity index is -0.0000000535. The van der Waals surface area contributed by atoms with E-state index < -0.39 is 11.9 Å². The molecule has 0 aliphatic heterocycles. The van der Waals surface area contributed by atoms with Crippen molar-refractivity contribution in [2.24, 2.45) is 5.73 Å². The van der Waals surface area contributed by atoms with Crippen LogP contribution in [0.4, 0.5) is 0 Å². The fraction of sp³-hybridized carbons (Fsp3) is 0.250. The number of hydrogen-bond donors (Lipinski definition) is 3. The number of carbonyl (C=O) groups is 2. The molecule has 0 fully saturated rings. The van der Waals surface area contributed by atoms with Gasteiger partial charge in [-0.05, 0) is 20.2 Å². The van der Waals surface area contributed by atoms with Crippen LogP contribution in [0.5, 0.6) is 0 Å². The number of halogens is 1. The fourth-order valence-corrected chi connectivity index (χ4v) is 0. The molecule has 0 saturated heterocycles. The summed E-state index contributed by atoms with van der Waals surface area (Å²) in [6, 6.07) is 0. The molecule has 0 aromatic heterocycles. The number of aliphatic carboxylic acids is 1. The van der Waals surface area contributed by atoms with Crippen molar-refractivity contribution in [1.82, 2.24) is 5.32 Å². The highest BCUT2D eigenvalue weighted by Gasteiger charge is 1.73.